The van der Waals surface area contributed by atoms with Gasteiger partial charge in [0.1, 0.15) is 17.4 Å². The third kappa shape index (κ3) is 2.72. The molecule has 0 amide bonds. The molecular formula is C10H5F7O4S. The first kappa shape index (κ1) is 16.8. The zero-order valence-electron chi connectivity index (χ0n) is 10.1. The molecule has 1 atom stereocenters. The van der Waals surface area contributed by atoms with Crippen LogP contribution < -0.4 is 4.74 Å². The Kier molecular flexibility index (Phi) is 3.60. The number of benzene rings is 1. The van der Waals surface area contributed by atoms with Crippen LogP contribution in [0.25, 0.3) is 0 Å². The molecule has 4 nitrogen and oxygen atoms in total. The molecule has 0 saturated heterocycles. The smallest absolute Gasteiger partial charge is 0.419 e. The summed E-state index contributed by atoms with van der Waals surface area (Å²) >= 11 is 0. The molecule has 0 fully saturated rings. The fourth-order valence-electron chi connectivity index (χ4n) is 2.02. The van der Waals surface area contributed by atoms with Crippen molar-refractivity contribution in [3.63, 3.8) is 0 Å². The monoisotopic (exact) mass is 354 g/mol. The second-order valence-electron chi connectivity index (χ2n) is 4.36. The maximum Gasteiger partial charge on any atom is 0.419 e. The highest BCUT2D eigenvalue weighted by Crippen LogP contribution is 2.50. The van der Waals surface area contributed by atoms with E-state index in [0.29, 0.717) is 0 Å². The van der Waals surface area contributed by atoms with Gasteiger partial charge < -0.3 is 4.74 Å². The van der Waals surface area contributed by atoms with Gasteiger partial charge in [0.2, 0.25) is 0 Å². The van der Waals surface area contributed by atoms with Crippen LogP contribution in [-0.2, 0) is 16.3 Å². The summed E-state index contributed by atoms with van der Waals surface area (Å²) in [6, 6.07) is -0.378. The number of hydrogen-bond donors (Lipinski definition) is 1. The quantitative estimate of drug-likeness (QED) is 0.622. The van der Waals surface area contributed by atoms with Gasteiger partial charge >= 0.3 is 12.4 Å². The maximum absolute atomic E-state index is 13.7. The normalized spacial score (nSPS) is 19.0. The topological polar surface area (TPSA) is 63.6 Å². The summed E-state index contributed by atoms with van der Waals surface area (Å²) in [5, 5.41) is 0. The van der Waals surface area contributed by atoms with Gasteiger partial charge in [0, 0.05) is 5.56 Å². The van der Waals surface area contributed by atoms with Gasteiger partial charge in [-0.2, -0.15) is 34.8 Å². The van der Waals surface area contributed by atoms with Crippen molar-refractivity contribution in [2.24, 2.45) is 0 Å². The minimum absolute atomic E-state index is 0.378. The molecular weight excluding hydrogens is 349 g/mol. The Labute approximate surface area is 118 Å². The summed E-state index contributed by atoms with van der Waals surface area (Å²) in [6.07, 6.45) is -10.5. The first-order chi connectivity index (χ1) is 9.74. The molecule has 0 saturated carbocycles. The van der Waals surface area contributed by atoms with Crippen LogP contribution >= 0.6 is 0 Å². The summed E-state index contributed by atoms with van der Waals surface area (Å²) in [7, 11) is -5.47. The van der Waals surface area contributed by atoms with E-state index in [9.17, 15) is 39.2 Å². The fourth-order valence-corrected chi connectivity index (χ4v) is 2.80. The number of halogens is 7. The van der Waals surface area contributed by atoms with E-state index in [4.69, 9.17) is 4.55 Å². The number of ether oxygens (including phenoxy) is 1. The van der Waals surface area contributed by atoms with E-state index >= 15 is 0 Å². The number of rotatable bonds is 1. The lowest BCUT2D eigenvalue weighted by Gasteiger charge is -2.17. The largest absolute Gasteiger partial charge is 0.489 e. The molecule has 1 aromatic carbocycles. The molecule has 1 N–H and O–H groups in total. The van der Waals surface area contributed by atoms with Crippen LogP contribution in [0.3, 0.4) is 0 Å². The Balaban J connectivity index is 2.86. The van der Waals surface area contributed by atoms with Crippen LogP contribution in [-0.4, -0.2) is 25.8 Å². The zero-order chi connectivity index (χ0) is 17.1. The maximum atomic E-state index is 13.7. The van der Waals surface area contributed by atoms with Crippen LogP contribution in [0.15, 0.2) is 11.0 Å². The van der Waals surface area contributed by atoms with Crippen molar-refractivity contribution in [2.75, 3.05) is 6.61 Å². The third-order valence-corrected chi connectivity index (χ3v) is 3.84. The van der Waals surface area contributed by atoms with Crippen molar-refractivity contribution >= 4 is 10.1 Å². The van der Waals surface area contributed by atoms with Crippen LogP contribution in [0.1, 0.15) is 17.0 Å². The first-order valence-corrected chi connectivity index (χ1v) is 6.79. The SMILES string of the molecule is O=S(=O)(O)c1cc(C(F)(F)F)c(F)c2c1C(C(F)(F)F)CO2. The molecule has 0 bridgehead atoms. The Bertz CT molecular complexity index is 720. The molecule has 1 aliphatic rings. The van der Waals surface area contributed by atoms with Gasteiger partial charge in [-0.15, -0.1) is 0 Å². The molecule has 1 heterocycles. The van der Waals surface area contributed by atoms with Crippen LogP contribution in [0.2, 0.25) is 0 Å². The van der Waals surface area contributed by atoms with Gasteiger partial charge in [-0.05, 0) is 6.07 Å². The molecule has 12 heteroatoms. The lowest BCUT2D eigenvalue weighted by atomic mass is 9.98. The number of alkyl halides is 6. The van der Waals surface area contributed by atoms with Crippen LogP contribution in [0, 0.1) is 5.82 Å². The minimum Gasteiger partial charge on any atom is -0.489 e. The van der Waals surface area contributed by atoms with Crippen molar-refractivity contribution in [3.8, 4) is 5.75 Å². The molecule has 1 unspecified atom stereocenters. The van der Waals surface area contributed by atoms with Crippen molar-refractivity contribution in [1.29, 1.82) is 0 Å². The van der Waals surface area contributed by atoms with Gasteiger partial charge in [-0.3, -0.25) is 4.55 Å². The van der Waals surface area contributed by atoms with E-state index in [0.717, 1.165) is 0 Å². The van der Waals surface area contributed by atoms with Gasteiger partial charge in [-0.25, -0.2) is 4.39 Å². The van der Waals surface area contributed by atoms with E-state index in [1.54, 1.807) is 0 Å². The lowest BCUT2D eigenvalue weighted by molar-refractivity contribution is -0.152. The molecule has 2 rings (SSSR count). The van der Waals surface area contributed by atoms with Crippen LogP contribution in [0.4, 0.5) is 30.7 Å². The standard InChI is InChI=1S/C10H5F7O4S/c11-7-3(9(12,13)14)1-5(22(18,19)20)6-4(10(15,16)17)2-21-8(6)7/h1,4H,2H2,(H,18,19,20). The molecule has 0 aromatic heterocycles. The van der Waals surface area contributed by atoms with E-state index in [-0.39, 0.29) is 6.07 Å². The predicted molar refractivity (Wildman–Crippen MR) is 55.5 cm³/mol. The van der Waals surface area contributed by atoms with E-state index in [1.807, 2.05) is 0 Å². The summed E-state index contributed by atoms with van der Waals surface area (Å²) in [6.45, 7) is -1.29. The van der Waals surface area contributed by atoms with Crippen molar-refractivity contribution in [3.05, 3.63) is 23.0 Å². The number of hydrogen-bond acceptors (Lipinski definition) is 3. The Morgan fingerprint density at radius 2 is 1.73 bits per heavy atom. The fraction of sp³-hybridized carbons (Fsp3) is 0.400. The van der Waals surface area contributed by atoms with Crippen molar-refractivity contribution in [2.45, 2.75) is 23.2 Å². The summed E-state index contributed by atoms with van der Waals surface area (Å²) < 4.78 is 125. The van der Waals surface area contributed by atoms with Gasteiger partial charge in [-0.1, -0.05) is 0 Å². The first-order valence-electron chi connectivity index (χ1n) is 5.35. The van der Waals surface area contributed by atoms with E-state index < -0.39 is 62.6 Å². The second kappa shape index (κ2) is 4.72. The van der Waals surface area contributed by atoms with Crippen molar-refractivity contribution in [1.82, 2.24) is 0 Å². The molecule has 124 valence electrons. The lowest BCUT2D eigenvalue weighted by Crippen LogP contribution is -2.23. The molecule has 22 heavy (non-hydrogen) atoms. The molecule has 0 spiro atoms. The van der Waals surface area contributed by atoms with Gasteiger partial charge in [0.25, 0.3) is 10.1 Å². The van der Waals surface area contributed by atoms with Gasteiger partial charge in [0.05, 0.1) is 5.56 Å². The summed E-state index contributed by atoms with van der Waals surface area (Å²) in [4.78, 5) is -1.68. The highest BCUT2D eigenvalue weighted by Gasteiger charge is 2.51. The highest BCUT2D eigenvalue weighted by molar-refractivity contribution is 7.85. The minimum atomic E-state index is -5.47. The Morgan fingerprint density at radius 1 is 1.18 bits per heavy atom. The summed E-state index contributed by atoms with van der Waals surface area (Å²) in [5.41, 5.74) is -3.53. The molecule has 1 aromatic rings. The van der Waals surface area contributed by atoms with Crippen LogP contribution in [0.5, 0.6) is 5.75 Å². The Hall–Kier alpha value is -1.56. The van der Waals surface area contributed by atoms with Crippen molar-refractivity contribution < 1.29 is 48.4 Å². The zero-order valence-corrected chi connectivity index (χ0v) is 10.9. The Morgan fingerprint density at radius 3 is 2.14 bits per heavy atom. The third-order valence-electron chi connectivity index (χ3n) is 2.94. The molecule has 0 aliphatic carbocycles. The van der Waals surface area contributed by atoms with E-state index in [1.165, 1.54) is 0 Å². The average Bonchev–Trinajstić information content (AvgIpc) is 2.70. The van der Waals surface area contributed by atoms with Gasteiger partial charge in [0.15, 0.2) is 11.6 Å². The second-order valence-corrected chi connectivity index (χ2v) is 5.75. The molecule has 1 aliphatic heterocycles. The van der Waals surface area contributed by atoms with E-state index in [2.05, 4.69) is 4.74 Å². The number of fused-ring (bicyclic) bond motifs is 1. The summed E-state index contributed by atoms with van der Waals surface area (Å²) in [5.74, 6) is -6.32. The average molecular weight is 354 g/mol. The predicted octanol–water partition coefficient (Wildman–Crippen LogP) is 3.13. The molecule has 0 radical (unpaired) electrons. The highest BCUT2D eigenvalue weighted by atomic mass is 32.2.